The van der Waals surface area contributed by atoms with E-state index in [-0.39, 0.29) is 11.3 Å². The standard InChI is InChI=1S/C15H14BrNOS/c16-12-6-9-19-13(12)10-17-14(18)15(7-8-15)11-4-2-1-3-5-11/h1-6,9H,7-8,10H2,(H,17,18). The smallest absolute Gasteiger partial charge is 0.230 e. The van der Waals surface area contributed by atoms with Gasteiger partial charge in [-0.1, -0.05) is 30.3 Å². The van der Waals surface area contributed by atoms with Crippen LogP contribution in [0.5, 0.6) is 0 Å². The molecular weight excluding hydrogens is 322 g/mol. The van der Waals surface area contributed by atoms with Crippen LogP contribution >= 0.6 is 27.3 Å². The molecule has 0 spiro atoms. The van der Waals surface area contributed by atoms with Crippen LogP contribution in [0, 0.1) is 0 Å². The van der Waals surface area contributed by atoms with Crippen molar-refractivity contribution < 1.29 is 4.79 Å². The first-order chi connectivity index (χ1) is 9.22. The Labute approximate surface area is 125 Å². The summed E-state index contributed by atoms with van der Waals surface area (Å²) in [5.41, 5.74) is 0.864. The van der Waals surface area contributed by atoms with Gasteiger partial charge in [0, 0.05) is 9.35 Å². The minimum Gasteiger partial charge on any atom is -0.350 e. The molecule has 1 N–H and O–H groups in total. The van der Waals surface area contributed by atoms with E-state index in [1.165, 1.54) is 0 Å². The number of hydrogen-bond donors (Lipinski definition) is 1. The topological polar surface area (TPSA) is 29.1 Å². The Morgan fingerprint density at radius 3 is 2.58 bits per heavy atom. The van der Waals surface area contributed by atoms with Gasteiger partial charge in [-0.15, -0.1) is 11.3 Å². The summed E-state index contributed by atoms with van der Waals surface area (Å²) in [6.45, 7) is 0.603. The highest BCUT2D eigenvalue weighted by molar-refractivity contribution is 9.10. The van der Waals surface area contributed by atoms with Crippen molar-refractivity contribution in [1.82, 2.24) is 5.32 Å². The van der Waals surface area contributed by atoms with E-state index in [9.17, 15) is 4.79 Å². The van der Waals surface area contributed by atoms with Gasteiger partial charge in [0.05, 0.1) is 12.0 Å². The van der Waals surface area contributed by atoms with Gasteiger partial charge in [-0.05, 0) is 45.8 Å². The Morgan fingerprint density at radius 2 is 2.00 bits per heavy atom. The predicted octanol–water partition coefficient (Wildman–Crippen LogP) is 3.86. The van der Waals surface area contributed by atoms with E-state index in [1.54, 1.807) is 11.3 Å². The molecule has 0 saturated heterocycles. The average molecular weight is 336 g/mol. The van der Waals surface area contributed by atoms with Gasteiger partial charge in [0.2, 0.25) is 5.91 Å². The Balaban J connectivity index is 1.70. The van der Waals surface area contributed by atoms with Crippen LogP contribution in [0.4, 0.5) is 0 Å². The number of rotatable bonds is 4. The van der Waals surface area contributed by atoms with Crippen molar-refractivity contribution in [1.29, 1.82) is 0 Å². The molecule has 1 saturated carbocycles. The third-order valence-electron chi connectivity index (χ3n) is 3.61. The molecule has 0 radical (unpaired) electrons. The van der Waals surface area contributed by atoms with Crippen molar-refractivity contribution in [3.8, 4) is 0 Å². The fourth-order valence-electron chi connectivity index (χ4n) is 2.31. The van der Waals surface area contributed by atoms with Crippen LogP contribution in [-0.4, -0.2) is 5.91 Å². The SMILES string of the molecule is O=C(NCc1sccc1Br)C1(c2ccccc2)CC1. The molecule has 1 aliphatic carbocycles. The molecule has 0 unspecified atom stereocenters. The summed E-state index contributed by atoms with van der Waals surface area (Å²) in [6, 6.07) is 12.1. The van der Waals surface area contributed by atoms with Crippen LogP contribution in [0.15, 0.2) is 46.3 Å². The third kappa shape index (κ3) is 2.47. The first-order valence-corrected chi connectivity index (χ1v) is 7.95. The van der Waals surface area contributed by atoms with Crippen molar-refractivity contribution >= 4 is 33.2 Å². The Bertz CT molecular complexity index is 589. The number of carbonyl (C=O) groups is 1. The lowest BCUT2D eigenvalue weighted by Gasteiger charge is -2.15. The molecule has 1 aliphatic rings. The summed E-state index contributed by atoms with van der Waals surface area (Å²) in [5, 5.41) is 5.09. The van der Waals surface area contributed by atoms with Crippen LogP contribution in [0.25, 0.3) is 0 Å². The van der Waals surface area contributed by atoms with Gasteiger partial charge in [-0.25, -0.2) is 0 Å². The summed E-state index contributed by atoms with van der Waals surface area (Å²) in [4.78, 5) is 13.6. The minimum atomic E-state index is -0.273. The molecule has 1 aromatic heterocycles. The Morgan fingerprint density at radius 1 is 1.26 bits per heavy atom. The van der Waals surface area contributed by atoms with Gasteiger partial charge in [-0.3, -0.25) is 4.79 Å². The highest BCUT2D eigenvalue weighted by Gasteiger charge is 2.50. The molecule has 1 fully saturated rings. The highest BCUT2D eigenvalue weighted by Crippen LogP contribution is 2.48. The molecule has 3 rings (SSSR count). The van der Waals surface area contributed by atoms with Crippen molar-refractivity contribution in [3.63, 3.8) is 0 Å². The Kier molecular flexibility index (Phi) is 3.46. The number of halogens is 1. The van der Waals surface area contributed by atoms with Crippen LogP contribution in [0.2, 0.25) is 0 Å². The highest BCUT2D eigenvalue weighted by atomic mass is 79.9. The molecule has 98 valence electrons. The molecule has 2 aromatic rings. The van der Waals surface area contributed by atoms with E-state index in [1.807, 2.05) is 41.8 Å². The second kappa shape index (κ2) is 5.10. The van der Waals surface area contributed by atoms with Gasteiger partial charge in [-0.2, -0.15) is 0 Å². The van der Waals surface area contributed by atoms with Gasteiger partial charge in [0.1, 0.15) is 0 Å². The maximum atomic E-state index is 12.4. The van der Waals surface area contributed by atoms with Crippen LogP contribution in [0.3, 0.4) is 0 Å². The van der Waals surface area contributed by atoms with Crippen LogP contribution in [0.1, 0.15) is 23.3 Å². The predicted molar refractivity (Wildman–Crippen MR) is 81.2 cm³/mol. The Hall–Kier alpha value is -1.13. The quantitative estimate of drug-likeness (QED) is 0.903. The van der Waals surface area contributed by atoms with Crippen molar-refractivity contribution in [2.24, 2.45) is 0 Å². The monoisotopic (exact) mass is 335 g/mol. The molecule has 0 bridgehead atoms. The molecule has 2 nitrogen and oxygen atoms in total. The van der Waals surface area contributed by atoms with Crippen molar-refractivity contribution in [3.05, 3.63) is 56.7 Å². The van der Waals surface area contributed by atoms with Gasteiger partial charge in [0.25, 0.3) is 0 Å². The zero-order valence-electron chi connectivity index (χ0n) is 10.4. The molecular formula is C15H14BrNOS. The first kappa shape index (κ1) is 12.9. The largest absolute Gasteiger partial charge is 0.350 e. The van der Waals surface area contributed by atoms with Crippen LogP contribution in [-0.2, 0) is 16.8 Å². The van der Waals surface area contributed by atoms with Gasteiger partial charge in [0.15, 0.2) is 0 Å². The number of carbonyl (C=O) groups excluding carboxylic acids is 1. The summed E-state index contributed by atoms with van der Waals surface area (Å²) in [5.74, 6) is 0.152. The number of amides is 1. The van der Waals surface area contributed by atoms with Crippen LogP contribution < -0.4 is 5.32 Å². The second-order valence-electron chi connectivity index (χ2n) is 4.82. The van der Waals surface area contributed by atoms with E-state index in [0.29, 0.717) is 6.54 Å². The molecule has 1 heterocycles. The fraction of sp³-hybridized carbons (Fsp3) is 0.267. The van der Waals surface area contributed by atoms with Crippen molar-refractivity contribution in [2.45, 2.75) is 24.8 Å². The average Bonchev–Trinajstić information content (AvgIpc) is 3.16. The zero-order chi connectivity index (χ0) is 13.3. The summed E-state index contributed by atoms with van der Waals surface area (Å²) >= 11 is 5.14. The zero-order valence-corrected chi connectivity index (χ0v) is 12.8. The number of nitrogens with one attached hydrogen (secondary N) is 1. The number of hydrogen-bond acceptors (Lipinski definition) is 2. The maximum Gasteiger partial charge on any atom is 0.230 e. The maximum absolute atomic E-state index is 12.4. The molecule has 4 heteroatoms. The second-order valence-corrected chi connectivity index (χ2v) is 6.68. The van der Waals surface area contributed by atoms with Gasteiger partial charge < -0.3 is 5.32 Å². The lowest BCUT2D eigenvalue weighted by molar-refractivity contribution is -0.123. The normalized spacial score (nSPS) is 16.1. The van der Waals surface area contributed by atoms with E-state index in [0.717, 1.165) is 27.8 Å². The van der Waals surface area contributed by atoms with E-state index in [4.69, 9.17) is 0 Å². The number of benzene rings is 1. The van der Waals surface area contributed by atoms with E-state index < -0.39 is 0 Å². The molecule has 1 amide bonds. The summed E-state index contributed by atoms with van der Waals surface area (Å²) in [6.07, 6.45) is 1.91. The molecule has 0 aliphatic heterocycles. The lowest BCUT2D eigenvalue weighted by atomic mass is 9.95. The first-order valence-electron chi connectivity index (χ1n) is 6.28. The molecule has 0 atom stereocenters. The summed E-state index contributed by atoms with van der Waals surface area (Å²) in [7, 11) is 0. The molecule has 1 aromatic carbocycles. The van der Waals surface area contributed by atoms with Crippen molar-refractivity contribution in [2.75, 3.05) is 0 Å². The van der Waals surface area contributed by atoms with E-state index >= 15 is 0 Å². The minimum absolute atomic E-state index is 0.152. The molecule has 19 heavy (non-hydrogen) atoms. The fourth-order valence-corrected chi connectivity index (χ4v) is 3.74. The number of thiophene rings is 1. The summed E-state index contributed by atoms with van der Waals surface area (Å²) < 4.78 is 1.07. The van der Waals surface area contributed by atoms with Gasteiger partial charge >= 0.3 is 0 Å². The van der Waals surface area contributed by atoms with E-state index in [2.05, 4.69) is 21.2 Å². The third-order valence-corrected chi connectivity index (χ3v) is 5.54. The lowest BCUT2D eigenvalue weighted by Crippen LogP contribution is -2.34.